The molecule has 1 aromatic carbocycles. The lowest BCUT2D eigenvalue weighted by atomic mass is 10.2. The molecule has 0 radical (unpaired) electrons. The SMILES string of the molecule is COc1ccc(CNCc2ccnc(C)n2)c(F)c1. The molecule has 0 amide bonds. The number of halogens is 1. The van der Waals surface area contributed by atoms with Crippen molar-refractivity contribution in [1.29, 1.82) is 0 Å². The molecule has 1 heterocycles. The zero-order chi connectivity index (χ0) is 13.7. The average molecular weight is 261 g/mol. The van der Waals surface area contributed by atoms with Crippen LogP contribution in [0.25, 0.3) is 0 Å². The molecular formula is C14H16FN3O. The predicted octanol–water partition coefficient (Wildman–Crippen LogP) is 2.22. The first-order valence-corrected chi connectivity index (χ1v) is 6.00. The first-order valence-electron chi connectivity index (χ1n) is 6.00. The van der Waals surface area contributed by atoms with Crippen LogP contribution < -0.4 is 10.1 Å². The molecular weight excluding hydrogens is 245 g/mol. The average Bonchev–Trinajstić information content (AvgIpc) is 2.40. The van der Waals surface area contributed by atoms with Gasteiger partial charge in [0.05, 0.1) is 12.8 Å². The van der Waals surface area contributed by atoms with Crippen LogP contribution in [-0.4, -0.2) is 17.1 Å². The van der Waals surface area contributed by atoms with Crippen LogP contribution in [0.1, 0.15) is 17.1 Å². The zero-order valence-corrected chi connectivity index (χ0v) is 11.0. The van der Waals surface area contributed by atoms with Gasteiger partial charge in [0.2, 0.25) is 0 Å². The fourth-order valence-electron chi connectivity index (χ4n) is 1.73. The summed E-state index contributed by atoms with van der Waals surface area (Å²) in [5.41, 5.74) is 1.49. The van der Waals surface area contributed by atoms with Gasteiger partial charge in [-0.2, -0.15) is 0 Å². The molecule has 2 rings (SSSR count). The number of aromatic nitrogens is 2. The van der Waals surface area contributed by atoms with E-state index in [2.05, 4.69) is 15.3 Å². The van der Waals surface area contributed by atoms with Gasteiger partial charge in [0.1, 0.15) is 17.4 Å². The smallest absolute Gasteiger partial charge is 0.131 e. The minimum absolute atomic E-state index is 0.272. The number of hydrogen-bond donors (Lipinski definition) is 1. The molecule has 100 valence electrons. The van der Waals surface area contributed by atoms with Crippen molar-refractivity contribution in [3.05, 3.63) is 53.4 Å². The largest absolute Gasteiger partial charge is 0.497 e. The van der Waals surface area contributed by atoms with Gasteiger partial charge in [-0.3, -0.25) is 0 Å². The van der Waals surface area contributed by atoms with Gasteiger partial charge in [-0.25, -0.2) is 14.4 Å². The summed E-state index contributed by atoms with van der Waals surface area (Å²) in [6.45, 7) is 2.86. The van der Waals surface area contributed by atoms with Crippen molar-refractivity contribution in [2.24, 2.45) is 0 Å². The summed E-state index contributed by atoms with van der Waals surface area (Å²) in [5.74, 6) is 0.980. The minimum Gasteiger partial charge on any atom is -0.497 e. The Balaban J connectivity index is 1.92. The van der Waals surface area contributed by atoms with Crippen LogP contribution in [0.5, 0.6) is 5.75 Å². The number of methoxy groups -OCH3 is 1. The van der Waals surface area contributed by atoms with Crippen LogP contribution in [0.15, 0.2) is 30.5 Å². The second-order valence-electron chi connectivity index (χ2n) is 4.16. The third kappa shape index (κ3) is 3.72. The molecule has 19 heavy (non-hydrogen) atoms. The molecule has 5 heteroatoms. The number of benzene rings is 1. The van der Waals surface area contributed by atoms with Crippen molar-refractivity contribution in [3.63, 3.8) is 0 Å². The first kappa shape index (κ1) is 13.4. The quantitative estimate of drug-likeness (QED) is 0.896. The van der Waals surface area contributed by atoms with E-state index < -0.39 is 0 Å². The van der Waals surface area contributed by atoms with Crippen molar-refractivity contribution in [3.8, 4) is 5.75 Å². The molecule has 0 spiro atoms. The van der Waals surface area contributed by atoms with Gasteiger partial charge in [0, 0.05) is 30.9 Å². The number of nitrogens with one attached hydrogen (secondary N) is 1. The molecule has 0 aliphatic rings. The van der Waals surface area contributed by atoms with E-state index in [1.165, 1.54) is 13.2 Å². The summed E-state index contributed by atoms with van der Waals surface area (Å²) < 4.78 is 18.6. The summed E-state index contributed by atoms with van der Waals surface area (Å²) in [6, 6.07) is 6.68. The third-order valence-corrected chi connectivity index (χ3v) is 2.72. The maximum atomic E-state index is 13.7. The molecule has 2 aromatic rings. The van der Waals surface area contributed by atoms with Gasteiger partial charge in [0.25, 0.3) is 0 Å². The maximum absolute atomic E-state index is 13.7. The van der Waals surface area contributed by atoms with Gasteiger partial charge in [-0.1, -0.05) is 6.07 Å². The fraction of sp³-hybridized carbons (Fsp3) is 0.286. The van der Waals surface area contributed by atoms with Crippen LogP contribution in [0.3, 0.4) is 0 Å². The Bertz CT molecular complexity index is 560. The molecule has 0 saturated heterocycles. The van der Waals surface area contributed by atoms with E-state index in [1.807, 2.05) is 13.0 Å². The Hall–Kier alpha value is -2.01. The highest BCUT2D eigenvalue weighted by Crippen LogP contribution is 2.16. The predicted molar refractivity (Wildman–Crippen MR) is 70.3 cm³/mol. The van der Waals surface area contributed by atoms with Gasteiger partial charge in [-0.15, -0.1) is 0 Å². The number of rotatable bonds is 5. The Labute approximate surface area is 111 Å². The number of nitrogens with zero attached hydrogens (tertiary/aromatic N) is 2. The van der Waals surface area contributed by atoms with Crippen molar-refractivity contribution < 1.29 is 9.13 Å². The number of ether oxygens (including phenoxy) is 1. The lowest BCUT2D eigenvalue weighted by Crippen LogP contribution is -2.15. The van der Waals surface area contributed by atoms with E-state index >= 15 is 0 Å². The Morgan fingerprint density at radius 3 is 2.79 bits per heavy atom. The summed E-state index contributed by atoms with van der Waals surface area (Å²) in [5, 5.41) is 3.15. The summed E-state index contributed by atoms with van der Waals surface area (Å²) in [6.07, 6.45) is 1.72. The highest BCUT2D eigenvalue weighted by molar-refractivity contribution is 5.28. The Morgan fingerprint density at radius 1 is 1.26 bits per heavy atom. The second kappa shape index (κ2) is 6.24. The van der Waals surface area contributed by atoms with E-state index in [0.29, 0.717) is 24.4 Å². The second-order valence-corrected chi connectivity index (χ2v) is 4.16. The number of hydrogen-bond acceptors (Lipinski definition) is 4. The molecule has 0 unspecified atom stereocenters. The number of aryl methyl sites for hydroxylation is 1. The van der Waals surface area contributed by atoms with Crippen molar-refractivity contribution in [2.75, 3.05) is 7.11 Å². The zero-order valence-electron chi connectivity index (χ0n) is 11.0. The van der Waals surface area contributed by atoms with E-state index in [9.17, 15) is 4.39 Å². The first-order chi connectivity index (χ1) is 9.19. The topological polar surface area (TPSA) is 47.0 Å². The molecule has 4 nitrogen and oxygen atoms in total. The van der Waals surface area contributed by atoms with E-state index in [-0.39, 0.29) is 5.82 Å². The van der Waals surface area contributed by atoms with Gasteiger partial charge in [0.15, 0.2) is 0 Å². The van der Waals surface area contributed by atoms with Gasteiger partial charge in [-0.05, 0) is 19.1 Å². The molecule has 0 aliphatic heterocycles. The fourth-order valence-corrected chi connectivity index (χ4v) is 1.73. The minimum atomic E-state index is -0.272. The highest BCUT2D eigenvalue weighted by atomic mass is 19.1. The third-order valence-electron chi connectivity index (χ3n) is 2.72. The molecule has 1 N–H and O–H groups in total. The Morgan fingerprint density at radius 2 is 2.11 bits per heavy atom. The molecule has 0 atom stereocenters. The summed E-state index contributed by atoms with van der Waals surface area (Å²) in [7, 11) is 1.52. The molecule has 0 aliphatic carbocycles. The van der Waals surface area contributed by atoms with Crippen LogP contribution >= 0.6 is 0 Å². The standard InChI is InChI=1S/C14H16FN3O/c1-10-17-6-5-12(18-10)9-16-8-11-3-4-13(19-2)7-14(11)15/h3-7,16H,8-9H2,1-2H3. The van der Waals surface area contributed by atoms with Crippen molar-refractivity contribution in [1.82, 2.24) is 15.3 Å². The molecule has 0 saturated carbocycles. The summed E-state index contributed by atoms with van der Waals surface area (Å²) in [4.78, 5) is 8.29. The van der Waals surface area contributed by atoms with E-state index in [4.69, 9.17) is 4.74 Å². The maximum Gasteiger partial charge on any atom is 0.131 e. The van der Waals surface area contributed by atoms with Crippen molar-refractivity contribution in [2.45, 2.75) is 20.0 Å². The Kier molecular flexibility index (Phi) is 4.41. The van der Waals surface area contributed by atoms with Crippen LogP contribution in [0.4, 0.5) is 4.39 Å². The van der Waals surface area contributed by atoms with Crippen LogP contribution in [-0.2, 0) is 13.1 Å². The normalized spacial score (nSPS) is 10.5. The monoisotopic (exact) mass is 261 g/mol. The van der Waals surface area contributed by atoms with E-state index in [0.717, 1.165) is 11.5 Å². The molecule has 0 bridgehead atoms. The lowest BCUT2D eigenvalue weighted by Gasteiger charge is -2.07. The van der Waals surface area contributed by atoms with E-state index in [1.54, 1.807) is 18.3 Å². The lowest BCUT2D eigenvalue weighted by molar-refractivity contribution is 0.410. The molecule has 1 aromatic heterocycles. The van der Waals surface area contributed by atoms with Gasteiger partial charge >= 0.3 is 0 Å². The van der Waals surface area contributed by atoms with Crippen LogP contribution in [0, 0.1) is 12.7 Å². The summed E-state index contributed by atoms with van der Waals surface area (Å²) >= 11 is 0. The van der Waals surface area contributed by atoms with Crippen molar-refractivity contribution >= 4 is 0 Å². The highest BCUT2D eigenvalue weighted by Gasteiger charge is 2.04. The van der Waals surface area contributed by atoms with Gasteiger partial charge < -0.3 is 10.1 Å². The molecule has 0 fully saturated rings. The van der Waals surface area contributed by atoms with Crippen LogP contribution in [0.2, 0.25) is 0 Å².